The molecule has 0 fully saturated rings. The van der Waals surface area contributed by atoms with Crippen molar-refractivity contribution in [1.82, 2.24) is 15.0 Å². The van der Waals surface area contributed by atoms with Crippen LogP contribution < -0.4 is 0 Å². The summed E-state index contributed by atoms with van der Waals surface area (Å²) in [5, 5.41) is 12.4. The average molecular weight is 256 g/mol. The Bertz CT molecular complexity index is 513. The Hall–Kier alpha value is -1.04. The van der Waals surface area contributed by atoms with E-state index in [1.165, 1.54) is 11.3 Å². The highest BCUT2D eigenvalue weighted by Gasteiger charge is 2.11. The lowest BCUT2D eigenvalue weighted by atomic mass is 10.3. The average Bonchev–Trinajstić information content (AvgIpc) is 2.64. The monoisotopic (exact) mass is 255 g/mol. The lowest BCUT2D eigenvalue weighted by molar-refractivity contribution is 0.194. The summed E-state index contributed by atoms with van der Waals surface area (Å²) in [6, 6.07) is 1.55. The Morgan fingerprint density at radius 2 is 2.12 bits per heavy atom. The number of hydrogen-bond donors (Lipinski definition) is 1. The molecule has 0 saturated heterocycles. The molecule has 0 radical (unpaired) electrons. The molecular weight excluding hydrogens is 246 g/mol. The van der Waals surface area contributed by atoms with E-state index in [4.69, 9.17) is 11.6 Å². The fourth-order valence-electron chi connectivity index (χ4n) is 1.20. The smallest absolute Gasteiger partial charge is 0.190 e. The Kier molecular flexibility index (Phi) is 3.18. The van der Waals surface area contributed by atoms with Crippen molar-refractivity contribution in [3.05, 3.63) is 28.0 Å². The van der Waals surface area contributed by atoms with E-state index in [-0.39, 0.29) is 0 Å². The summed E-state index contributed by atoms with van der Waals surface area (Å²) in [7, 11) is 0. The second-order valence-corrected chi connectivity index (χ2v) is 4.65. The van der Waals surface area contributed by atoms with E-state index in [1.54, 1.807) is 13.0 Å². The first-order chi connectivity index (χ1) is 7.56. The van der Waals surface area contributed by atoms with Crippen LogP contribution in [0.5, 0.6) is 0 Å². The fraction of sp³-hybridized carbons (Fsp3) is 0.300. The Balaban J connectivity index is 2.49. The molecule has 16 heavy (non-hydrogen) atoms. The van der Waals surface area contributed by atoms with Crippen LogP contribution in [0.3, 0.4) is 0 Å². The second kappa shape index (κ2) is 4.45. The van der Waals surface area contributed by atoms with Crippen LogP contribution >= 0.6 is 22.9 Å². The molecule has 0 spiro atoms. The van der Waals surface area contributed by atoms with Crippen LogP contribution in [0.15, 0.2) is 11.4 Å². The summed E-state index contributed by atoms with van der Waals surface area (Å²) in [5.41, 5.74) is 1.42. The molecular formula is C10H10ClN3OS. The van der Waals surface area contributed by atoms with Gasteiger partial charge >= 0.3 is 0 Å². The lowest BCUT2D eigenvalue weighted by Gasteiger charge is -2.05. The lowest BCUT2D eigenvalue weighted by Crippen LogP contribution is -1.99. The molecule has 0 aliphatic rings. The molecule has 1 unspecified atom stereocenters. The van der Waals surface area contributed by atoms with Crippen LogP contribution in [0, 0.1) is 6.92 Å². The van der Waals surface area contributed by atoms with E-state index in [0.717, 1.165) is 5.69 Å². The molecule has 6 heteroatoms. The van der Waals surface area contributed by atoms with E-state index in [0.29, 0.717) is 21.7 Å². The van der Waals surface area contributed by atoms with Gasteiger partial charge in [-0.25, -0.2) is 15.0 Å². The van der Waals surface area contributed by atoms with Crippen molar-refractivity contribution in [3.63, 3.8) is 0 Å². The van der Waals surface area contributed by atoms with Gasteiger partial charge in [-0.05, 0) is 19.9 Å². The first kappa shape index (κ1) is 11.4. The Morgan fingerprint density at radius 3 is 2.69 bits per heavy atom. The largest absolute Gasteiger partial charge is 0.387 e. The maximum Gasteiger partial charge on any atom is 0.190 e. The van der Waals surface area contributed by atoms with E-state index >= 15 is 0 Å². The third kappa shape index (κ3) is 2.37. The van der Waals surface area contributed by atoms with Gasteiger partial charge in [0.1, 0.15) is 5.15 Å². The van der Waals surface area contributed by atoms with Crippen LogP contribution in [-0.2, 0) is 0 Å². The van der Waals surface area contributed by atoms with Gasteiger partial charge < -0.3 is 5.11 Å². The minimum absolute atomic E-state index is 0.314. The summed E-state index contributed by atoms with van der Waals surface area (Å²) in [4.78, 5) is 12.6. The van der Waals surface area contributed by atoms with Crippen molar-refractivity contribution in [2.75, 3.05) is 0 Å². The predicted molar refractivity (Wildman–Crippen MR) is 63.5 cm³/mol. The van der Waals surface area contributed by atoms with Gasteiger partial charge in [0, 0.05) is 11.1 Å². The van der Waals surface area contributed by atoms with Gasteiger partial charge in [0.2, 0.25) is 0 Å². The van der Waals surface area contributed by atoms with Crippen LogP contribution in [0.1, 0.15) is 24.4 Å². The number of aromatic nitrogens is 3. The van der Waals surface area contributed by atoms with Crippen LogP contribution in [0.25, 0.3) is 10.8 Å². The van der Waals surface area contributed by atoms with Gasteiger partial charge in [0.15, 0.2) is 10.8 Å². The molecule has 2 heterocycles. The summed E-state index contributed by atoms with van der Waals surface area (Å²) in [6.07, 6.45) is -0.666. The summed E-state index contributed by atoms with van der Waals surface area (Å²) in [5.74, 6) is 0.460. The first-order valence-corrected chi connectivity index (χ1v) is 5.97. The van der Waals surface area contributed by atoms with Crippen molar-refractivity contribution < 1.29 is 5.11 Å². The van der Waals surface area contributed by atoms with Crippen LogP contribution in [0.2, 0.25) is 5.15 Å². The van der Waals surface area contributed by atoms with Crippen molar-refractivity contribution in [2.45, 2.75) is 20.0 Å². The maximum absolute atomic E-state index is 9.46. The molecule has 2 aromatic heterocycles. The highest BCUT2D eigenvalue weighted by atomic mass is 35.5. The fourth-order valence-corrected chi connectivity index (χ4v) is 2.12. The molecule has 84 valence electrons. The third-order valence-electron chi connectivity index (χ3n) is 1.95. The molecule has 1 N–H and O–H groups in total. The topological polar surface area (TPSA) is 58.9 Å². The van der Waals surface area contributed by atoms with Gasteiger partial charge in [0.25, 0.3) is 0 Å². The van der Waals surface area contributed by atoms with Crippen molar-refractivity contribution >= 4 is 22.9 Å². The van der Waals surface area contributed by atoms with Gasteiger partial charge in [-0.2, -0.15) is 0 Å². The summed E-state index contributed by atoms with van der Waals surface area (Å²) in [6.45, 7) is 3.54. The van der Waals surface area contributed by atoms with Crippen molar-refractivity contribution in [3.8, 4) is 10.8 Å². The molecule has 0 amide bonds. The van der Waals surface area contributed by atoms with Gasteiger partial charge in [-0.3, -0.25) is 0 Å². The SMILES string of the molecule is Cc1csc(-c2nc(Cl)cc(C(C)O)n2)n1. The number of hydrogen-bond acceptors (Lipinski definition) is 5. The number of rotatable bonds is 2. The summed E-state index contributed by atoms with van der Waals surface area (Å²) < 4.78 is 0. The number of nitrogens with zero attached hydrogens (tertiary/aromatic N) is 3. The zero-order valence-electron chi connectivity index (χ0n) is 8.81. The quantitative estimate of drug-likeness (QED) is 0.838. The van der Waals surface area contributed by atoms with E-state index in [2.05, 4.69) is 15.0 Å². The van der Waals surface area contributed by atoms with Crippen LogP contribution in [0.4, 0.5) is 0 Å². The number of halogens is 1. The molecule has 4 nitrogen and oxygen atoms in total. The van der Waals surface area contributed by atoms with E-state index in [9.17, 15) is 5.11 Å². The molecule has 0 aliphatic heterocycles. The standard InChI is InChI=1S/C10H10ClN3OS/c1-5-4-16-10(12-5)9-13-7(6(2)15)3-8(11)14-9/h3-4,6,15H,1-2H3. The number of aliphatic hydroxyl groups excluding tert-OH is 1. The molecule has 0 aliphatic carbocycles. The van der Waals surface area contributed by atoms with Crippen molar-refractivity contribution in [2.24, 2.45) is 0 Å². The van der Waals surface area contributed by atoms with Crippen LogP contribution in [-0.4, -0.2) is 20.1 Å². The Labute approximate surface area is 102 Å². The molecule has 2 aromatic rings. The second-order valence-electron chi connectivity index (χ2n) is 3.41. The molecule has 0 saturated carbocycles. The van der Waals surface area contributed by atoms with E-state index in [1.807, 2.05) is 12.3 Å². The first-order valence-electron chi connectivity index (χ1n) is 4.71. The highest BCUT2D eigenvalue weighted by molar-refractivity contribution is 7.13. The molecule has 1 atom stereocenters. The predicted octanol–water partition coefficient (Wildman–Crippen LogP) is 2.62. The molecule has 2 rings (SSSR count). The number of aryl methyl sites for hydroxylation is 1. The zero-order valence-corrected chi connectivity index (χ0v) is 10.4. The zero-order chi connectivity index (χ0) is 11.7. The maximum atomic E-state index is 9.46. The van der Waals surface area contributed by atoms with Gasteiger partial charge in [-0.1, -0.05) is 11.6 Å². The van der Waals surface area contributed by atoms with Gasteiger partial charge in [0.05, 0.1) is 11.8 Å². The highest BCUT2D eigenvalue weighted by Crippen LogP contribution is 2.23. The number of thiazole rings is 1. The van der Waals surface area contributed by atoms with E-state index < -0.39 is 6.10 Å². The number of aliphatic hydroxyl groups is 1. The molecule has 0 aromatic carbocycles. The van der Waals surface area contributed by atoms with Gasteiger partial charge in [-0.15, -0.1) is 11.3 Å². The minimum Gasteiger partial charge on any atom is -0.387 e. The normalized spacial score (nSPS) is 12.8. The van der Waals surface area contributed by atoms with Crippen molar-refractivity contribution in [1.29, 1.82) is 0 Å². The summed E-state index contributed by atoms with van der Waals surface area (Å²) >= 11 is 7.32. The minimum atomic E-state index is -0.666. The third-order valence-corrected chi connectivity index (χ3v) is 3.10. The Morgan fingerprint density at radius 1 is 1.38 bits per heavy atom. The molecule has 0 bridgehead atoms.